The molecule has 3 heteroatoms. The fourth-order valence-corrected chi connectivity index (χ4v) is 2.19. The summed E-state index contributed by atoms with van der Waals surface area (Å²) in [5, 5.41) is 22.1. The van der Waals surface area contributed by atoms with Crippen molar-refractivity contribution in [3.8, 4) is 11.5 Å². The third kappa shape index (κ3) is 2.07. The largest absolute Gasteiger partial charge is 0.504 e. The number of aromatic hydroxyl groups is 2. The lowest BCUT2D eigenvalue weighted by atomic mass is 9.92. The van der Waals surface area contributed by atoms with Crippen LogP contribution in [0.5, 0.6) is 11.5 Å². The van der Waals surface area contributed by atoms with E-state index < -0.39 is 0 Å². The minimum atomic E-state index is -0.0506. The van der Waals surface area contributed by atoms with Crippen molar-refractivity contribution in [3.63, 3.8) is 0 Å². The maximum absolute atomic E-state index is 9.42. The Labute approximate surface area is 89.8 Å². The Balaban J connectivity index is 2.17. The standard InChI is InChI=1S/C12H17NO2/c1-8(10-3-2-6-13-10)9-4-5-11(14)12(15)7-9/h4-5,7-8,10,13-15H,2-3,6H2,1H3. The molecular formula is C12H17NO2. The van der Waals surface area contributed by atoms with Gasteiger partial charge in [-0.25, -0.2) is 0 Å². The summed E-state index contributed by atoms with van der Waals surface area (Å²) in [4.78, 5) is 0. The van der Waals surface area contributed by atoms with Crippen LogP contribution in [-0.2, 0) is 0 Å². The van der Waals surface area contributed by atoms with E-state index in [1.807, 2.05) is 6.07 Å². The maximum Gasteiger partial charge on any atom is 0.157 e. The summed E-state index contributed by atoms with van der Waals surface area (Å²) in [6.45, 7) is 3.23. The van der Waals surface area contributed by atoms with Gasteiger partial charge in [-0.2, -0.15) is 0 Å². The smallest absolute Gasteiger partial charge is 0.157 e. The Morgan fingerprint density at radius 3 is 2.73 bits per heavy atom. The molecule has 0 aliphatic carbocycles. The van der Waals surface area contributed by atoms with Crippen LogP contribution in [0.3, 0.4) is 0 Å². The molecule has 0 spiro atoms. The van der Waals surface area contributed by atoms with Crippen LogP contribution in [0.15, 0.2) is 18.2 Å². The molecular weight excluding hydrogens is 190 g/mol. The van der Waals surface area contributed by atoms with Gasteiger partial charge in [0.15, 0.2) is 11.5 Å². The van der Waals surface area contributed by atoms with Crippen LogP contribution in [0.2, 0.25) is 0 Å². The SMILES string of the molecule is CC(c1ccc(O)c(O)c1)C1CCCN1. The lowest BCUT2D eigenvalue weighted by Crippen LogP contribution is -2.27. The van der Waals surface area contributed by atoms with Crippen molar-refractivity contribution in [1.82, 2.24) is 5.32 Å². The number of hydrogen-bond donors (Lipinski definition) is 3. The Bertz CT molecular complexity index is 345. The summed E-state index contributed by atoms with van der Waals surface area (Å²) >= 11 is 0. The van der Waals surface area contributed by atoms with Gasteiger partial charge in [0, 0.05) is 6.04 Å². The molecule has 3 nitrogen and oxygen atoms in total. The second-order valence-electron chi connectivity index (χ2n) is 4.24. The van der Waals surface area contributed by atoms with Gasteiger partial charge < -0.3 is 15.5 Å². The summed E-state index contributed by atoms with van der Waals surface area (Å²) in [7, 11) is 0. The number of nitrogens with one attached hydrogen (secondary N) is 1. The average molecular weight is 207 g/mol. The van der Waals surface area contributed by atoms with E-state index in [0.29, 0.717) is 12.0 Å². The normalized spacial score (nSPS) is 22.9. The first kappa shape index (κ1) is 10.3. The molecule has 0 amide bonds. The van der Waals surface area contributed by atoms with Crippen molar-refractivity contribution in [2.75, 3.05) is 6.54 Å². The first-order valence-corrected chi connectivity index (χ1v) is 5.44. The minimum absolute atomic E-state index is 0.0302. The summed E-state index contributed by atoms with van der Waals surface area (Å²) < 4.78 is 0. The number of phenols is 2. The Hall–Kier alpha value is -1.22. The van der Waals surface area contributed by atoms with Gasteiger partial charge in [0.25, 0.3) is 0 Å². The van der Waals surface area contributed by atoms with E-state index in [1.54, 1.807) is 12.1 Å². The molecule has 0 radical (unpaired) electrons. The average Bonchev–Trinajstić information content (AvgIpc) is 2.74. The van der Waals surface area contributed by atoms with Crippen LogP contribution < -0.4 is 5.32 Å². The molecule has 2 rings (SSSR count). The molecule has 0 saturated carbocycles. The molecule has 1 saturated heterocycles. The molecule has 0 bridgehead atoms. The van der Waals surface area contributed by atoms with Gasteiger partial charge in [-0.3, -0.25) is 0 Å². The predicted molar refractivity (Wildman–Crippen MR) is 59.2 cm³/mol. The second-order valence-corrected chi connectivity index (χ2v) is 4.24. The molecule has 15 heavy (non-hydrogen) atoms. The van der Waals surface area contributed by atoms with Crippen molar-refractivity contribution in [2.45, 2.75) is 31.7 Å². The van der Waals surface area contributed by atoms with Crippen molar-refractivity contribution in [3.05, 3.63) is 23.8 Å². The van der Waals surface area contributed by atoms with Crippen LogP contribution in [-0.4, -0.2) is 22.8 Å². The van der Waals surface area contributed by atoms with E-state index in [4.69, 9.17) is 0 Å². The van der Waals surface area contributed by atoms with Gasteiger partial charge in [-0.05, 0) is 43.0 Å². The molecule has 2 atom stereocenters. The highest BCUT2D eigenvalue weighted by Crippen LogP contribution is 2.31. The molecule has 1 aromatic rings. The molecule has 2 unspecified atom stereocenters. The van der Waals surface area contributed by atoms with Crippen molar-refractivity contribution in [1.29, 1.82) is 0 Å². The van der Waals surface area contributed by atoms with Gasteiger partial charge in [0.2, 0.25) is 0 Å². The van der Waals surface area contributed by atoms with Crippen molar-refractivity contribution < 1.29 is 10.2 Å². The summed E-state index contributed by atoms with van der Waals surface area (Å²) in [5.74, 6) is 0.293. The molecule has 1 aliphatic heterocycles. The predicted octanol–water partition coefficient (Wildman–Crippen LogP) is 1.95. The lowest BCUT2D eigenvalue weighted by molar-refractivity contribution is 0.401. The van der Waals surface area contributed by atoms with Crippen LogP contribution in [0.1, 0.15) is 31.2 Å². The highest BCUT2D eigenvalue weighted by Gasteiger charge is 2.22. The summed E-state index contributed by atoms with van der Waals surface area (Å²) in [5.41, 5.74) is 1.07. The highest BCUT2D eigenvalue weighted by molar-refractivity contribution is 5.41. The van der Waals surface area contributed by atoms with E-state index in [-0.39, 0.29) is 11.5 Å². The molecule has 1 heterocycles. The fraction of sp³-hybridized carbons (Fsp3) is 0.500. The van der Waals surface area contributed by atoms with Crippen molar-refractivity contribution in [2.24, 2.45) is 0 Å². The molecule has 0 aromatic heterocycles. The number of benzene rings is 1. The van der Waals surface area contributed by atoms with Crippen LogP contribution >= 0.6 is 0 Å². The van der Waals surface area contributed by atoms with Gasteiger partial charge in [-0.1, -0.05) is 13.0 Å². The summed E-state index contributed by atoms with van der Waals surface area (Å²) in [6, 6.07) is 5.57. The molecule has 1 aliphatic rings. The van der Waals surface area contributed by atoms with Crippen LogP contribution in [0.25, 0.3) is 0 Å². The number of phenolic OH excluding ortho intramolecular Hbond substituents is 2. The van der Waals surface area contributed by atoms with Gasteiger partial charge in [0.1, 0.15) is 0 Å². The van der Waals surface area contributed by atoms with E-state index >= 15 is 0 Å². The molecule has 1 fully saturated rings. The first-order valence-electron chi connectivity index (χ1n) is 5.44. The quantitative estimate of drug-likeness (QED) is 0.650. The maximum atomic E-state index is 9.42. The van der Waals surface area contributed by atoms with Crippen molar-refractivity contribution >= 4 is 0 Å². The lowest BCUT2D eigenvalue weighted by Gasteiger charge is -2.20. The van der Waals surface area contributed by atoms with Gasteiger partial charge >= 0.3 is 0 Å². The zero-order chi connectivity index (χ0) is 10.8. The Morgan fingerprint density at radius 2 is 2.13 bits per heavy atom. The highest BCUT2D eigenvalue weighted by atomic mass is 16.3. The van der Waals surface area contributed by atoms with E-state index in [1.165, 1.54) is 12.8 Å². The molecule has 1 aromatic carbocycles. The van der Waals surface area contributed by atoms with Crippen LogP contribution in [0.4, 0.5) is 0 Å². The monoisotopic (exact) mass is 207 g/mol. The molecule has 82 valence electrons. The third-order valence-corrected chi connectivity index (χ3v) is 3.23. The number of hydrogen-bond acceptors (Lipinski definition) is 3. The van der Waals surface area contributed by atoms with Crippen LogP contribution in [0, 0.1) is 0 Å². The third-order valence-electron chi connectivity index (χ3n) is 3.23. The summed E-state index contributed by atoms with van der Waals surface area (Å²) in [6.07, 6.45) is 2.40. The van der Waals surface area contributed by atoms with Gasteiger partial charge in [-0.15, -0.1) is 0 Å². The zero-order valence-corrected chi connectivity index (χ0v) is 8.90. The van der Waals surface area contributed by atoms with E-state index in [0.717, 1.165) is 12.1 Å². The Morgan fingerprint density at radius 1 is 1.33 bits per heavy atom. The van der Waals surface area contributed by atoms with Gasteiger partial charge in [0.05, 0.1) is 0 Å². The van der Waals surface area contributed by atoms with E-state index in [2.05, 4.69) is 12.2 Å². The zero-order valence-electron chi connectivity index (χ0n) is 8.90. The number of rotatable bonds is 2. The Kier molecular flexibility index (Phi) is 2.82. The second kappa shape index (κ2) is 4.11. The fourth-order valence-electron chi connectivity index (χ4n) is 2.19. The van der Waals surface area contributed by atoms with E-state index in [9.17, 15) is 10.2 Å². The topological polar surface area (TPSA) is 52.5 Å². The molecule has 3 N–H and O–H groups in total. The minimum Gasteiger partial charge on any atom is -0.504 e. The first-order chi connectivity index (χ1) is 7.18.